The molecule has 0 aromatic carbocycles. The molecule has 0 saturated heterocycles. The Balaban J connectivity index is 4.69. The number of rotatable bonds is 35. The lowest BCUT2D eigenvalue weighted by atomic mass is 10.0. The molecule has 0 heterocycles. The van der Waals surface area contributed by atoms with Crippen LogP contribution in [0.25, 0.3) is 0 Å². The molecule has 0 saturated carbocycles. The zero-order chi connectivity index (χ0) is 40.5. The average molecular weight is 811 g/mol. The fourth-order valence-corrected chi connectivity index (χ4v) is 5.88. The Morgan fingerprint density at radius 3 is 2.00 bits per heavy atom. The standard InChI is InChI=1S/C38H68O14P2/c1-4-5-6-7-9-15-20-25-34(39)26-21-16-10-8-11-17-22-27-37(41)48-31-36(52-38(42)28-23-18-13-12-14-19-24-33(2)3)32-51-54(46,47)50-30-35(40)29-49-53(43,44)45/h8-9,11,15-16,20-21,25,33-36,39-40H,4-7,10,12-14,17-19,22-24,26-32H2,1-3H3,(H,46,47)(H2,43,44,45)/b11-8+,15-9-,21-16-,25-20-/t34-,35+,36-/m1/s1. The Bertz CT molecular complexity index is 1180. The Hall–Kier alpha value is -1.96. The van der Waals surface area contributed by atoms with Crippen LogP contribution in [0, 0.1) is 5.92 Å². The molecule has 1 unspecified atom stereocenters. The number of aliphatic hydroxyl groups excluding tert-OH is 2. The highest BCUT2D eigenvalue weighted by Crippen LogP contribution is 2.43. The number of phosphoric ester groups is 2. The Labute approximate surface area is 322 Å². The molecule has 0 aromatic rings. The molecule has 0 aromatic heterocycles. The van der Waals surface area contributed by atoms with Gasteiger partial charge < -0.3 is 34.4 Å². The quantitative estimate of drug-likeness (QED) is 0.0135. The molecule has 16 heteroatoms. The number of ether oxygens (including phenoxy) is 2. The normalized spacial score (nSPS) is 15.4. The van der Waals surface area contributed by atoms with Gasteiger partial charge in [0.2, 0.25) is 0 Å². The second-order valence-corrected chi connectivity index (χ2v) is 16.2. The molecular formula is C38H68O14P2. The first-order valence-corrected chi connectivity index (χ1v) is 22.3. The predicted octanol–water partition coefficient (Wildman–Crippen LogP) is 7.94. The van der Waals surface area contributed by atoms with Crippen LogP contribution >= 0.6 is 15.6 Å². The number of phosphoric acid groups is 2. The molecule has 0 rings (SSSR count). The third-order valence-corrected chi connectivity index (χ3v) is 9.16. The van der Waals surface area contributed by atoms with Gasteiger partial charge in [-0.2, -0.15) is 0 Å². The summed E-state index contributed by atoms with van der Waals surface area (Å²) >= 11 is 0. The lowest BCUT2D eigenvalue weighted by Crippen LogP contribution is -2.30. The summed E-state index contributed by atoms with van der Waals surface area (Å²) < 4.78 is 47.4. The third-order valence-electron chi connectivity index (χ3n) is 7.72. The fourth-order valence-electron chi connectivity index (χ4n) is 4.72. The second kappa shape index (κ2) is 33.2. The first-order chi connectivity index (χ1) is 25.6. The van der Waals surface area contributed by atoms with Crippen LogP contribution in [-0.2, 0) is 41.8 Å². The van der Waals surface area contributed by atoms with Gasteiger partial charge in [0.15, 0.2) is 6.10 Å². The summed E-state index contributed by atoms with van der Waals surface area (Å²) in [5, 5.41) is 19.7. The van der Waals surface area contributed by atoms with E-state index in [0.717, 1.165) is 32.1 Å². The summed E-state index contributed by atoms with van der Waals surface area (Å²) in [6.07, 6.45) is 26.2. The molecule has 0 spiro atoms. The minimum atomic E-state index is -4.87. The number of esters is 2. The van der Waals surface area contributed by atoms with Gasteiger partial charge >= 0.3 is 27.6 Å². The maximum Gasteiger partial charge on any atom is 0.472 e. The molecular weight excluding hydrogens is 742 g/mol. The van der Waals surface area contributed by atoms with Crippen LogP contribution in [0.3, 0.4) is 0 Å². The van der Waals surface area contributed by atoms with Crippen LogP contribution in [0.15, 0.2) is 48.6 Å². The molecule has 54 heavy (non-hydrogen) atoms. The van der Waals surface area contributed by atoms with Gasteiger partial charge in [0.25, 0.3) is 0 Å². The van der Waals surface area contributed by atoms with E-state index in [-0.39, 0.29) is 12.8 Å². The maximum atomic E-state index is 12.5. The lowest BCUT2D eigenvalue weighted by molar-refractivity contribution is -0.161. The number of hydrogen-bond donors (Lipinski definition) is 5. The van der Waals surface area contributed by atoms with Crippen LogP contribution < -0.4 is 0 Å². The Kier molecular flexibility index (Phi) is 32.0. The van der Waals surface area contributed by atoms with Crippen LogP contribution in [0.5, 0.6) is 0 Å². The highest BCUT2D eigenvalue weighted by molar-refractivity contribution is 7.47. The molecule has 4 atom stereocenters. The van der Waals surface area contributed by atoms with Crippen LogP contribution in [0.4, 0.5) is 0 Å². The van der Waals surface area contributed by atoms with E-state index in [1.807, 2.05) is 36.5 Å². The number of carbonyl (C=O) groups is 2. The molecule has 0 amide bonds. The molecule has 0 aliphatic carbocycles. The molecule has 0 radical (unpaired) electrons. The minimum Gasteiger partial charge on any atom is -0.462 e. The summed E-state index contributed by atoms with van der Waals surface area (Å²) in [6, 6.07) is 0. The van der Waals surface area contributed by atoms with E-state index in [4.69, 9.17) is 23.8 Å². The van der Waals surface area contributed by atoms with Crippen molar-refractivity contribution in [3.63, 3.8) is 0 Å². The summed E-state index contributed by atoms with van der Waals surface area (Å²) in [5.41, 5.74) is 0. The molecule has 0 fully saturated rings. The van der Waals surface area contributed by atoms with Gasteiger partial charge in [0.1, 0.15) is 12.7 Å². The monoisotopic (exact) mass is 810 g/mol. The van der Waals surface area contributed by atoms with Gasteiger partial charge in [0, 0.05) is 12.8 Å². The van der Waals surface area contributed by atoms with Crippen molar-refractivity contribution >= 4 is 27.6 Å². The van der Waals surface area contributed by atoms with E-state index in [0.29, 0.717) is 38.0 Å². The minimum absolute atomic E-state index is 0.0840. The van der Waals surface area contributed by atoms with E-state index in [9.17, 15) is 33.8 Å². The van der Waals surface area contributed by atoms with Crippen molar-refractivity contribution in [3.8, 4) is 0 Å². The van der Waals surface area contributed by atoms with Crippen LogP contribution in [0.1, 0.15) is 130 Å². The number of hydrogen-bond acceptors (Lipinski definition) is 11. The van der Waals surface area contributed by atoms with Crippen molar-refractivity contribution in [2.24, 2.45) is 5.92 Å². The van der Waals surface area contributed by atoms with Gasteiger partial charge in [-0.15, -0.1) is 0 Å². The number of unbranched alkanes of at least 4 members (excludes halogenated alkanes) is 9. The zero-order valence-electron chi connectivity index (χ0n) is 32.6. The number of allylic oxidation sites excluding steroid dienone is 6. The first-order valence-electron chi connectivity index (χ1n) is 19.3. The maximum absolute atomic E-state index is 12.5. The topological polar surface area (TPSA) is 216 Å². The molecule has 14 nitrogen and oxygen atoms in total. The molecule has 0 bridgehead atoms. The third kappa shape index (κ3) is 37.0. The van der Waals surface area contributed by atoms with Crippen LogP contribution in [-0.4, -0.2) is 81.6 Å². The van der Waals surface area contributed by atoms with Crippen molar-refractivity contribution in [3.05, 3.63) is 48.6 Å². The first kappa shape index (κ1) is 52.0. The van der Waals surface area contributed by atoms with Crippen molar-refractivity contribution in [1.82, 2.24) is 0 Å². The summed E-state index contributed by atoms with van der Waals surface area (Å²) in [7, 11) is -9.69. The van der Waals surface area contributed by atoms with Crippen molar-refractivity contribution in [2.45, 2.75) is 148 Å². The smallest absolute Gasteiger partial charge is 0.462 e. The molecule has 0 aliphatic heterocycles. The van der Waals surface area contributed by atoms with E-state index < -0.39 is 72.3 Å². The van der Waals surface area contributed by atoms with E-state index >= 15 is 0 Å². The van der Waals surface area contributed by atoms with Gasteiger partial charge in [-0.25, -0.2) is 9.13 Å². The summed E-state index contributed by atoms with van der Waals surface area (Å²) in [6.45, 7) is 3.74. The summed E-state index contributed by atoms with van der Waals surface area (Å²) in [4.78, 5) is 52.4. The Morgan fingerprint density at radius 1 is 0.667 bits per heavy atom. The molecule has 314 valence electrons. The largest absolute Gasteiger partial charge is 0.472 e. The fraction of sp³-hybridized carbons (Fsp3) is 0.737. The molecule has 5 N–H and O–H groups in total. The van der Waals surface area contributed by atoms with Crippen LogP contribution in [0.2, 0.25) is 0 Å². The highest BCUT2D eigenvalue weighted by Gasteiger charge is 2.28. The van der Waals surface area contributed by atoms with E-state index in [1.165, 1.54) is 32.1 Å². The SMILES string of the molecule is CCCCC/C=C\C=C/[C@@H](O)C/C=C\C/C=C/CCCC(=O)OC[C@H](COP(=O)(O)OC[C@@H](O)COP(=O)(O)O)OC(=O)CCCCCCCCC(C)C. The Morgan fingerprint density at radius 2 is 1.30 bits per heavy atom. The number of carbonyl (C=O) groups excluding carboxylic acids is 2. The van der Waals surface area contributed by atoms with Gasteiger partial charge in [0.05, 0.1) is 25.9 Å². The molecule has 0 aliphatic rings. The average Bonchev–Trinajstić information content (AvgIpc) is 3.10. The van der Waals surface area contributed by atoms with E-state index in [2.05, 4.69) is 35.9 Å². The van der Waals surface area contributed by atoms with Gasteiger partial charge in [-0.05, 0) is 50.9 Å². The predicted molar refractivity (Wildman–Crippen MR) is 208 cm³/mol. The second-order valence-electron chi connectivity index (χ2n) is 13.5. The van der Waals surface area contributed by atoms with Crippen molar-refractivity contribution in [1.29, 1.82) is 0 Å². The van der Waals surface area contributed by atoms with Gasteiger partial charge in [-0.1, -0.05) is 121 Å². The summed E-state index contributed by atoms with van der Waals surface area (Å²) in [5.74, 6) is -0.470. The van der Waals surface area contributed by atoms with Gasteiger partial charge in [-0.3, -0.25) is 23.2 Å². The zero-order valence-corrected chi connectivity index (χ0v) is 34.4. The van der Waals surface area contributed by atoms with Crippen molar-refractivity contribution in [2.75, 3.05) is 26.4 Å². The van der Waals surface area contributed by atoms with Crippen molar-refractivity contribution < 1.29 is 66.7 Å². The highest BCUT2D eigenvalue weighted by atomic mass is 31.2. The lowest BCUT2D eigenvalue weighted by Gasteiger charge is -2.20. The number of aliphatic hydroxyl groups is 2. The van der Waals surface area contributed by atoms with E-state index in [1.54, 1.807) is 6.08 Å².